The number of phenols is 1. The molecule has 3 nitrogen and oxygen atoms in total. The average molecular weight is 348 g/mol. The largest absolute Gasteiger partial charge is 0.507 e. The maximum Gasteiger partial charge on any atom is 0.271 e. The van der Waals surface area contributed by atoms with Gasteiger partial charge in [-0.3, -0.25) is 0 Å². The Balaban J connectivity index is 1.98. The molecule has 0 aliphatic rings. The van der Waals surface area contributed by atoms with E-state index in [1.165, 1.54) is 0 Å². The zero-order chi connectivity index (χ0) is 18.4. The molecule has 0 amide bonds. The van der Waals surface area contributed by atoms with Gasteiger partial charge in [0.15, 0.2) is 0 Å². The maximum atomic E-state index is 10.3. The van der Waals surface area contributed by atoms with Crippen LogP contribution in [-0.4, -0.2) is 5.11 Å². The number of para-hydroxylation sites is 3. The SMILES string of the molecule is CCc1ccccc1OC(Oc1ccccc1CC)c1ccccc1O. The summed E-state index contributed by atoms with van der Waals surface area (Å²) < 4.78 is 12.4. The second kappa shape index (κ2) is 8.43. The molecule has 3 heteroatoms. The summed E-state index contributed by atoms with van der Waals surface area (Å²) in [7, 11) is 0. The van der Waals surface area contributed by atoms with Crippen molar-refractivity contribution in [3.63, 3.8) is 0 Å². The summed E-state index contributed by atoms with van der Waals surface area (Å²) >= 11 is 0. The van der Waals surface area contributed by atoms with Crippen molar-refractivity contribution in [1.82, 2.24) is 0 Å². The fourth-order valence-corrected chi connectivity index (χ4v) is 2.89. The van der Waals surface area contributed by atoms with Crippen LogP contribution in [0.15, 0.2) is 72.8 Å². The fraction of sp³-hybridized carbons (Fsp3) is 0.217. The molecular formula is C23H24O3. The number of hydrogen-bond donors (Lipinski definition) is 1. The van der Waals surface area contributed by atoms with E-state index in [9.17, 15) is 5.11 Å². The molecule has 0 unspecified atom stereocenters. The van der Waals surface area contributed by atoms with Gasteiger partial charge in [0.05, 0.1) is 5.56 Å². The third-order valence-corrected chi connectivity index (χ3v) is 4.37. The molecule has 0 aromatic heterocycles. The maximum absolute atomic E-state index is 10.3. The minimum Gasteiger partial charge on any atom is -0.507 e. The lowest BCUT2D eigenvalue weighted by molar-refractivity contribution is 0.000792. The Kier molecular flexibility index (Phi) is 5.80. The quantitative estimate of drug-likeness (QED) is 0.559. The molecule has 0 aliphatic heterocycles. The first-order chi connectivity index (χ1) is 12.7. The number of aryl methyl sites for hydroxylation is 2. The van der Waals surface area contributed by atoms with Gasteiger partial charge in [-0.1, -0.05) is 62.4 Å². The van der Waals surface area contributed by atoms with Crippen molar-refractivity contribution in [2.45, 2.75) is 33.0 Å². The number of aromatic hydroxyl groups is 1. The van der Waals surface area contributed by atoms with Crippen LogP contribution in [-0.2, 0) is 12.8 Å². The van der Waals surface area contributed by atoms with E-state index in [1.54, 1.807) is 12.1 Å². The van der Waals surface area contributed by atoms with E-state index in [0.29, 0.717) is 5.56 Å². The summed E-state index contributed by atoms with van der Waals surface area (Å²) in [6.45, 7) is 4.18. The molecule has 0 saturated heterocycles. The minimum atomic E-state index is -0.739. The minimum absolute atomic E-state index is 0.153. The molecule has 3 rings (SSSR count). The van der Waals surface area contributed by atoms with Gasteiger partial charge in [-0.2, -0.15) is 0 Å². The average Bonchev–Trinajstić information content (AvgIpc) is 2.68. The first-order valence-electron chi connectivity index (χ1n) is 9.00. The van der Waals surface area contributed by atoms with Crippen LogP contribution in [0.25, 0.3) is 0 Å². The van der Waals surface area contributed by atoms with Crippen LogP contribution < -0.4 is 9.47 Å². The molecule has 0 heterocycles. The van der Waals surface area contributed by atoms with Gasteiger partial charge in [-0.05, 0) is 48.2 Å². The number of hydrogen-bond acceptors (Lipinski definition) is 3. The van der Waals surface area contributed by atoms with Crippen LogP contribution >= 0.6 is 0 Å². The fourth-order valence-electron chi connectivity index (χ4n) is 2.89. The van der Waals surface area contributed by atoms with Crippen LogP contribution in [0.2, 0.25) is 0 Å². The Morgan fingerprint density at radius 2 is 1.15 bits per heavy atom. The molecule has 0 atom stereocenters. The van der Waals surface area contributed by atoms with Gasteiger partial charge in [0.2, 0.25) is 0 Å². The van der Waals surface area contributed by atoms with Crippen LogP contribution in [0.5, 0.6) is 17.2 Å². The van der Waals surface area contributed by atoms with E-state index >= 15 is 0 Å². The highest BCUT2D eigenvalue weighted by Crippen LogP contribution is 2.33. The summed E-state index contributed by atoms with van der Waals surface area (Å²) in [6.07, 6.45) is 0.973. The highest BCUT2D eigenvalue weighted by Gasteiger charge is 2.21. The second-order valence-electron chi connectivity index (χ2n) is 6.05. The number of benzene rings is 3. The molecule has 0 bridgehead atoms. The van der Waals surface area contributed by atoms with Gasteiger partial charge in [0, 0.05) is 0 Å². The van der Waals surface area contributed by atoms with Gasteiger partial charge in [0.25, 0.3) is 6.29 Å². The topological polar surface area (TPSA) is 38.7 Å². The highest BCUT2D eigenvalue weighted by atomic mass is 16.7. The lowest BCUT2D eigenvalue weighted by Crippen LogP contribution is -2.16. The third-order valence-electron chi connectivity index (χ3n) is 4.37. The first kappa shape index (κ1) is 17.9. The molecule has 0 spiro atoms. The summed E-state index contributed by atoms with van der Waals surface area (Å²) in [6, 6.07) is 22.9. The standard InChI is InChI=1S/C23H24O3/c1-3-17-11-5-9-15-21(17)25-23(19-13-7-8-14-20(19)24)26-22-16-10-6-12-18(22)4-2/h5-16,23-24H,3-4H2,1-2H3. The van der Waals surface area contributed by atoms with E-state index in [0.717, 1.165) is 35.5 Å². The van der Waals surface area contributed by atoms with E-state index in [-0.39, 0.29) is 5.75 Å². The van der Waals surface area contributed by atoms with Crippen molar-refractivity contribution >= 4 is 0 Å². The van der Waals surface area contributed by atoms with Crippen molar-refractivity contribution in [3.05, 3.63) is 89.5 Å². The molecule has 3 aromatic rings. The molecule has 0 aliphatic carbocycles. The van der Waals surface area contributed by atoms with Crippen molar-refractivity contribution in [1.29, 1.82) is 0 Å². The number of phenolic OH excluding ortho intramolecular Hbond substituents is 1. The summed E-state index contributed by atoms with van der Waals surface area (Å²) in [5.41, 5.74) is 2.80. The van der Waals surface area contributed by atoms with Crippen LogP contribution in [0.3, 0.4) is 0 Å². The third kappa shape index (κ3) is 3.99. The van der Waals surface area contributed by atoms with E-state index in [2.05, 4.69) is 13.8 Å². The molecule has 26 heavy (non-hydrogen) atoms. The van der Waals surface area contributed by atoms with Crippen molar-refractivity contribution in [2.24, 2.45) is 0 Å². The Hall–Kier alpha value is -2.94. The highest BCUT2D eigenvalue weighted by molar-refractivity contribution is 5.39. The van der Waals surface area contributed by atoms with Gasteiger partial charge in [-0.15, -0.1) is 0 Å². The van der Waals surface area contributed by atoms with Gasteiger partial charge in [-0.25, -0.2) is 0 Å². The van der Waals surface area contributed by atoms with Crippen molar-refractivity contribution in [3.8, 4) is 17.2 Å². The number of ether oxygens (including phenoxy) is 2. The monoisotopic (exact) mass is 348 g/mol. The first-order valence-corrected chi connectivity index (χ1v) is 9.00. The van der Waals surface area contributed by atoms with E-state index in [1.807, 2.05) is 60.7 Å². The molecule has 3 aromatic carbocycles. The lowest BCUT2D eigenvalue weighted by atomic mass is 10.1. The van der Waals surface area contributed by atoms with E-state index in [4.69, 9.17) is 9.47 Å². The zero-order valence-electron chi connectivity index (χ0n) is 15.2. The summed E-state index contributed by atoms with van der Waals surface area (Å²) in [5, 5.41) is 10.3. The molecular weight excluding hydrogens is 324 g/mol. The van der Waals surface area contributed by atoms with Crippen molar-refractivity contribution < 1.29 is 14.6 Å². The van der Waals surface area contributed by atoms with E-state index < -0.39 is 6.29 Å². The molecule has 0 saturated carbocycles. The predicted molar refractivity (Wildman–Crippen MR) is 104 cm³/mol. The normalized spacial score (nSPS) is 10.7. The van der Waals surface area contributed by atoms with Crippen LogP contribution in [0, 0.1) is 0 Å². The van der Waals surface area contributed by atoms with Gasteiger partial charge >= 0.3 is 0 Å². The predicted octanol–water partition coefficient (Wildman–Crippen LogP) is 5.67. The summed E-state index contributed by atoms with van der Waals surface area (Å²) in [4.78, 5) is 0. The Morgan fingerprint density at radius 1 is 0.692 bits per heavy atom. The van der Waals surface area contributed by atoms with Gasteiger partial charge < -0.3 is 14.6 Å². The zero-order valence-corrected chi connectivity index (χ0v) is 15.2. The molecule has 0 radical (unpaired) electrons. The Labute approximate surface area is 154 Å². The second-order valence-corrected chi connectivity index (χ2v) is 6.05. The Bertz CT molecular complexity index is 808. The molecule has 1 N–H and O–H groups in total. The number of rotatable bonds is 7. The van der Waals surface area contributed by atoms with Crippen molar-refractivity contribution in [2.75, 3.05) is 0 Å². The van der Waals surface area contributed by atoms with Gasteiger partial charge in [0.1, 0.15) is 17.2 Å². The smallest absolute Gasteiger partial charge is 0.271 e. The molecule has 134 valence electrons. The lowest BCUT2D eigenvalue weighted by Gasteiger charge is -2.24. The van der Waals surface area contributed by atoms with Crippen LogP contribution in [0.4, 0.5) is 0 Å². The van der Waals surface area contributed by atoms with Crippen LogP contribution in [0.1, 0.15) is 36.8 Å². The molecule has 0 fully saturated rings. The summed E-state index contributed by atoms with van der Waals surface area (Å²) in [5.74, 6) is 1.68. The Morgan fingerprint density at radius 3 is 1.65 bits per heavy atom.